The number of thioether (sulfide) groups is 1. The molecule has 0 aromatic carbocycles. The van der Waals surface area contributed by atoms with Crippen molar-refractivity contribution in [2.24, 2.45) is 23.7 Å². The molecular formula is C14H28OS. The molecule has 0 amide bonds. The normalized spacial score (nSPS) is 33.0. The maximum Gasteiger partial charge on any atom is 0.0658 e. The Morgan fingerprint density at radius 2 is 1.62 bits per heavy atom. The second-order valence-corrected chi connectivity index (χ2v) is 7.25. The first-order valence-corrected chi connectivity index (χ1v) is 7.90. The molecule has 0 radical (unpaired) electrons. The number of hydrogen-bond acceptors (Lipinski definition) is 2. The van der Waals surface area contributed by atoms with Gasteiger partial charge < -0.3 is 5.11 Å². The van der Waals surface area contributed by atoms with Gasteiger partial charge >= 0.3 is 0 Å². The first-order valence-electron chi connectivity index (χ1n) is 6.74. The van der Waals surface area contributed by atoms with Crippen LogP contribution in [0.25, 0.3) is 0 Å². The molecular weight excluding hydrogens is 216 g/mol. The predicted molar refractivity (Wildman–Crippen MR) is 73.8 cm³/mol. The van der Waals surface area contributed by atoms with Gasteiger partial charge in [-0.05, 0) is 48.7 Å². The van der Waals surface area contributed by atoms with E-state index in [1.807, 2.05) is 11.8 Å². The number of hydrogen-bond donors (Lipinski definition) is 1. The summed E-state index contributed by atoms with van der Waals surface area (Å²) in [6.07, 6.45) is 3.73. The van der Waals surface area contributed by atoms with E-state index >= 15 is 0 Å². The number of aliphatic hydroxyl groups excluding tert-OH is 1. The number of aliphatic hydroxyl groups is 1. The fraction of sp³-hybridized carbons (Fsp3) is 1.00. The van der Waals surface area contributed by atoms with Crippen LogP contribution in [-0.2, 0) is 0 Å². The predicted octanol–water partition coefficient (Wildman–Crippen LogP) is 3.81. The third kappa shape index (κ3) is 5.09. The highest BCUT2D eigenvalue weighted by molar-refractivity contribution is 7.99. The summed E-state index contributed by atoms with van der Waals surface area (Å²) in [5, 5.41) is 10.2. The van der Waals surface area contributed by atoms with Gasteiger partial charge in [-0.15, -0.1) is 0 Å². The monoisotopic (exact) mass is 244 g/mol. The van der Waals surface area contributed by atoms with E-state index in [4.69, 9.17) is 0 Å². The summed E-state index contributed by atoms with van der Waals surface area (Å²) in [4.78, 5) is 0. The van der Waals surface area contributed by atoms with Gasteiger partial charge in [0.2, 0.25) is 0 Å². The molecule has 0 aromatic heterocycles. The summed E-state index contributed by atoms with van der Waals surface area (Å²) < 4.78 is 0. The zero-order valence-corrected chi connectivity index (χ0v) is 12.1. The molecule has 0 aliphatic heterocycles. The first kappa shape index (κ1) is 14.4. The zero-order valence-electron chi connectivity index (χ0n) is 11.3. The molecule has 2 heteroatoms. The van der Waals surface area contributed by atoms with E-state index in [0.717, 1.165) is 23.5 Å². The van der Waals surface area contributed by atoms with E-state index in [0.29, 0.717) is 5.92 Å². The first-order chi connectivity index (χ1) is 7.49. The molecule has 0 heterocycles. The fourth-order valence-corrected chi connectivity index (χ4v) is 4.01. The minimum atomic E-state index is -0.0750. The Hall–Kier alpha value is 0.310. The lowest BCUT2D eigenvalue weighted by Gasteiger charge is -2.34. The average molecular weight is 244 g/mol. The molecule has 1 N–H and O–H groups in total. The Bertz CT molecular complexity index is 183. The third-order valence-electron chi connectivity index (χ3n) is 3.50. The fourth-order valence-electron chi connectivity index (χ4n) is 2.88. The molecule has 1 nitrogen and oxygen atoms in total. The van der Waals surface area contributed by atoms with Crippen molar-refractivity contribution in [2.45, 2.75) is 53.1 Å². The largest absolute Gasteiger partial charge is 0.392 e. The molecule has 1 saturated carbocycles. The SMILES string of the molecule is CC(C)CSCC(O)C1CC(C)CC(C)C1. The quantitative estimate of drug-likeness (QED) is 0.793. The van der Waals surface area contributed by atoms with Crippen molar-refractivity contribution >= 4 is 11.8 Å². The van der Waals surface area contributed by atoms with Crippen LogP contribution in [0, 0.1) is 23.7 Å². The highest BCUT2D eigenvalue weighted by atomic mass is 32.2. The van der Waals surface area contributed by atoms with E-state index in [1.54, 1.807) is 0 Å². The second kappa shape index (κ2) is 6.90. The van der Waals surface area contributed by atoms with E-state index in [2.05, 4.69) is 27.7 Å². The van der Waals surface area contributed by atoms with Crippen molar-refractivity contribution in [1.29, 1.82) is 0 Å². The van der Waals surface area contributed by atoms with Gasteiger partial charge in [-0.25, -0.2) is 0 Å². The lowest BCUT2D eigenvalue weighted by Crippen LogP contribution is -2.31. The van der Waals surface area contributed by atoms with Gasteiger partial charge in [-0.1, -0.05) is 27.7 Å². The van der Waals surface area contributed by atoms with Crippen LogP contribution in [0.15, 0.2) is 0 Å². The smallest absolute Gasteiger partial charge is 0.0658 e. The van der Waals surface area contributed by atoms with E-state index in [-0.39, 0.29) is 6.10 Å². The van der Waals surface area contributed by atoms with Crippen molar-refractivity contribution in [3.05, 3.63) is 0 Å². The topological polar surface area (TPSA) is 20.2 Å². The van der Waals surface area contributed by atoms with Gasteiger partial charge in [0.15, 0.2) is 0 Å². The van der Waals surface area contributed by atoms with Crippen molar-refractivity contribution in [2.75, 3.05) is 11.5 Å². The minimum Gasteiger partial charge on any atom is -0.392 e. The summed E-state index contributed by atoms with van der Waals surface area (Å²) in [6, 6.07) is 0. The number of rotatable bonds is 5. The highest BCUT2D eigenvalue weighted by Gasteiger charge is 2.28. The molecule has 0 spiro atoms. The van der Waals surface area contributed by atoms with Crippen molar-refractivity contribution < 1.29 is 5.11 Å². The van der Waals surface area contributed by atoms with Crippen LogP contribution in [0.1, 0.15) is 47.0 Å². The van der Waals surface area contributed by atoms with E-state index in [9.17, 15) is 5.11 Å². The molecule has 16 heavy (non-hydrogen) atoms. The van der Waals surface area contributed by atoms with Gasteiger partial charge in [-0.2, -0.15) is 11.8 Å². The molecule has 3 unspecified atom stereocenters. The second-order valence-electron chi connectivity index (χ2n) is 6.18. The van der Waals surface area contributed by atoms with Crippen molar-refractivity contribution in [3.63, 3.8) is 0 Å². The standard InChI is InChI=1S/C14H28OS/c1-10(2)8-16-9-14(15)13-6-11(3)5-12(4)7-13/h10-15H,5-9H2,1-4H3. The van der Waals surface area contributed by atoms with Crippen LogP contribution in [-0.4, -0.2) is 22.7 Å². The summed E-state index contributed by atoms with van der Waals surface area (Å²) in [6.45, 7) is 9.14. The lowest BCUT2D eigenvalue weighted by molar-refractivity contribution is 0.0723. The van der Waals surface area contributed by atoms with Crippen LogP contribution in [0.5, 0.6) is 0 Å². The molecule has 1 fully saturated rings. The average Bonchev–Trinajstić information content (AvgIpc) is 2.15. The molecule has 3 atom stereocenters. The van der Waals surface area contributed by atoms with Gasteiger partial charge in [0.25, 0.3) is 0 Å². The van der Waals surface area contributed by atoms with E-state index in [1.165, 1.54) is 25.0 Å². The summed E-state index contributed by atoms with van der Waals surface area (Å²) in [7, 11) is 0. The molecule has 1 rings (SSSR count). The Balaban J connectivity index is 2.26. The van der Waals surface area contributed by atoms with Crippen LogP contribution in [0.3, 0.4) is 0 Å². The van der Waals surface area contributed by atoms with Crippen LogP contribution in [0.4, 0.5) is 0 Å². The van der Waals surface area contributed by atoms with Crippen LogP contribution in [0.2, 0.25) is 0 Å². The Labute approximate surface area is 105 Å². The Morgan fingerprint density at radius 1 is 1.06 bits per heavy atom. The van der Waals surface area contributed by atoms with Crippen LogP contribution < -0.4 is 0 Å². The molecule has 1 aliphatic rings. The maximum absolute atomic E-state index is 10.2. The maximum atomic E-state index is 10.2. The zero-order chi connectivity index (χ0) is 12.1. The summed E-state index contributed by atoms with van der Waals surface area (Å²) in [5.74, 6) is 5.01. The lowest BCUT2D eigenvalue weighted by atomic mass is 9.75. The third-order valence-corrected chi connectivity index (χ3v) is 4.98. The highest BCUT2D eigenvalue weighted by Crippen LogP contribution is 2.35. The van der Waals surface area contributed by atoms with Crippen molar-refractivity contribution in [3.8, 4) is 0 Å². The molecule has 0 saturated heterocycles. The Morgan fingerprint density at radius 3 is 2.12 bits per heavy atom. The van der Waals surface area contributed by atoms with Gasteiger partial charge in [0.05, 0.1) is 6.10 Å². The summed E-state index contributed by atoms with van der Waals surface area (Å²) in [5.41, 5.74) is 0. The minimum absolute atomic E-state index is 0.0750. The Kier molecular flexibility index (Phi) is 6.20. The molecule has 0 bridgehead atoms. The van der Waals surface area contributed by atoms with Gasteiger partial charge in [0, 0.05) is 5.75 Å². The molecule has 96 valence electrons. The van der Waals surface area contributed by atoms with Gasteiger partial charge in [-0.3, -0.25) is 0 Å². The molecule has 0 aromatic rings. The molecule has 1 aliphatic carbocycles. The van der Waals surface area contributed by atoms with Crippen molar-refractivity contribution in [1.82, 2.24) is 0 Å². The van der Waals surface area contributed by atoms with Gasteiger partial charge in [0.1, 0.15) is 0 Å². The van der Waals surface area contributed by atoms with E-state index < -0.39 is 0 Å². The summed E-state index contributed by atoms with van der Waals surface area (Å²) >= 11 is 1.92. The van der Waals surface area contributed by atoms with Crippen LogP contribution >= 0.6 is 11.8 Å².